The lowest BCUT2D eigenvalue weighted by Crippen LogP contribution is -2.17. The molecule has 3 nitrogen and oxygen atoms in total. The van der Waals surface area contributed by atoms with Crippen molar-refractivity contribution in [1.82, 2.24) is 10.3 Å². The van der Waals surface area contributed by atoms with Gasteiger partial charge in [0.05, 0.1) is 23.9 Å². The Labute approximate surface area is 182 Å². The van der Waals surface area contributed by atoms with Crippen LogP contribution in [0.3, 0.4) is 0 Å². The first kappa shape index (κ1) is 21.3. The smallest absolute Gasteiger partial charge is 0.416 e. The van der Waals surface area contributed by atoms with Gasteiger partial charge in [-0.25, -0.2) is 4.98 Å². The molecule has 0 amide bonds. The Morgan fingerprint density at radius 3 is 2.52 bits per heavy atom. The van der Waals surface area contributed by atoms with Gasteiger partial charge in [-0.15, -0.1) is 0 Å². The molecule has 0 radical (unpaired) electrons. The van der Waals surface area contributed by atoms with Gasteiger partial charge in [-0.05, 0) is 65.9 Å². The standard InChI is InChI=1S/C24H21F3N2OS/c1-30-21-7-4-17-12-18(23(29-22(17)13-21)19-9-11-31-15-19)8-10-28-14-16-2-5-20(6-3-16)24(25,26)27/h2-7,9,11-13,15,28H,8,10,14H2,1H3. The molecule has 1 N–H and O–H groups in total. The molecule has 0 fully saturated rings. The molecular formula is C24H21F3N2OS. The van der Waals surface area contributed by atoms with E-state index in [1.54, 1.807) is 18.4 Å². The number of pyridine rings is 1. The Morgan fingerprint density at radius 2 is 1.84 bits per heavy atom. The zero-order valence-corrected chi connectivity index (χ0v) is 17.7. The van der Waals surface area contributed by atoms with Crippen LogP contribution in [0, 0.1) is 0 Å². The number of nitrogens with one attached hydrogen (secondary N) is 1. The van der Waals surface area contributed by atoms with Crippen LogP contribution in [-0.4, -0.2) is 18.6 Å². The molecule has 2 aromatic carbocycles. The van der Waals surface area contributed by atoms with E-state index >= 15 is 0 Å². The fraction of sp³-hybridized carbons (Fsp3) is 0.208. The number of benzene rings is 2. The van der Waals surface area contributed by atoms with Crippen molar-refractivity contribution in [1.29, 1.82) is 0 Å². The summed E-state index contributed by atoms with van der Waals surface area (Å²) in [6.45, 7) is 1.19. The van der Waals surface area contributed by atoms with Crippen molar-refractivity contribution in [3.8, 4) is 17.0 Å². The predicted molar refractivity (Wildman–Crippen MR) is 118 cm³/mol. The summed E-state index contributed by atoms with van der Waals surface area (Å²) in [5.41, 5.74) is 4.20. The summed E-state index contributed by atoms with van der Waals surface area (Å²) >= 11 is 1.62. The number of aromatic nitrogens is 1. The van der Waals surface area contributed by atoms with Crippen LogP contribution in [0.2, 0.25) is 0 Å². The summed E-state index contributed by atoms with van der Waals surface area (Å²) in [6, 6.07) is 15.3. The molecule has 0 aliphatic rings. The van der Waals surface area contributed by atoms with Crippen LogP contribution in [0.1, 0.15) is 16.7 Å². The van der Waals surface area contributed by atoms with Gasteiger partial charge in [0.25, 0.3) is 0 Å². The van der Waals surface area contributed by atoms with Gasteiger partial charge in [-0.3, -0.25) is 0 Å². The van der Waals surface area contributed by atoms with Crippen LogP contribution in [0.5, 0.6) is 5.75 Å². The van der Waals surface area contributed by atoms with Crippen LogP contribution in [0.4, 0.5) is 13.2 Å². The van der Waals surface area contributed by atoms with Crippen molar-refractivity contribution >= 4 is 22.2 Å². The highest BCUT2D eigenvalue weighted by atomic mass is 32.1. The monoisotopic (exact) mass is 442 g/mol. The third-order valence-electron chi connectivity index (χ3n) is 5.08. The minimum atomic E-state index is -4.31. The van der Waals surface area contributed by atoms with Crippen LogP contribution in [0.25, 0.3) is 22.2 Å². The Balaban J connectivity index is 1.48. The molecule has 0 saturated carbocycles. The highest BCUT2D eigenvalue weighted by Crippen LogP contribution is 2.30. The first-order valence-corrected chi connectivity index (χ1v) is 10.8. The number of alkyl halides is 3. The third-order valence-corrected chi connectivity index (χ3v) is 5.76. The fourth-order valence-electron chi connectivity index (χ4n) is 3.42. The van der Waals surface area contributed by atoms with Gasteiger partial charge in [-0.1, -0.05) is 12.1 Å². The van der Waals surface area contributed by atoms with Gasteiger partial charge in [0.1, 0.15) is 5.75 Å². The minimum absolute atomic E-state index is 0.504. The quantitative estimate of drug-likeness (QED) is 0.340. The second-order valence-corrected chi connectivity index (χ2v) is 7.97. The van der Waals surface area contributed by atoms with Gasteiger partial charge >= 0.3 is 6.18 Å². The van der Waals surface area contributed by atoms with Crippen LogP contribution >= 0.6 is 11.3 Å². The number of fused-ring (bicyclic) bond motifs is 1. The highest BCUT2D eigenvalue weighted by Gasteiger charge is 2.29. The van der Waals surface area contributed by atoms with E-state index in [0.29, 0.717) is 13.1 Å². The number of ether oxygens (including phenoxy) is 1. The lowest BCUT2D eigenvalue weighted by Gasteiger charge is -2.12. The first-order valence-electron chi connectivity index (χ1n) is 9.81. The maximum absolute atomic E-state index is 12.7. The topological polar surface area (TPSA) is 34.1 Å². The number of halogens is 3. The molecule has 0 atom stereocenters. The lowest BCUT2D eigenvalue weighted by atomic mass is 10.0. The van der Waals surface area contributed by atoms with E-state index in [-0.39, 0.29) is 0 Å². The lowest BCUT2D eigenvalue weighted by molar-refractivity contribution is -0.137. The SMILES string of the molecule is COc1ccc2cc(CCNCc3ccc(C(F)(F)F)cc3)c(-c3ccsc3)nc2c1. The molecule has 2 aromatic heterocycles. The molecule has 0 aliphatic heterocycles. The average molecular weight is 443 g/mol. The van der Waals surface area contributed by atoms with E-state index in [0.717, 1.165) is 57.6 Å². The number of hydrogen-bond acceptors (Lipinski definition) is 4. The summed E-state index contributed by atoms with van der Waals surface area (Å²) in [5, 5.41) is 8.46. The average Bonchev–Trinajstić information content (AvgIpc) is 3.30. The first-order chi connectivity index (χ1) is 14.9. The third kappa shape index (κ3) is 5.06. The van der Waals surface area contributed by atoms with E-state index in [1.807, 2.05) is 23.6 Å². The number of thiophene rings is 1. The molecule has 2 heterocycles. The van der Waals surface area contributed by atoms with Crippen molar-refractivity contribution in [3.63, 3.8) is 0 Å². The predicted octanol–water partition coefficient (Wildman–Crippen LogP) is 6.32. The van der Waals surface area contributed by atoms with E-state index < -0.39 is 11.7 Å². The molecule has 0 aliphatic carbocycles. The van der Waals surface area contributed by atoms with E-state index in [1.165, 1.54) is 12.1 Å². The maximum atomic E-state index is 12.7. The van der Waals surface area contributed by atoms with E-state index in [2.05, 4.69) is 22.8 Å². The molecule has 31 heavy (non-hydrogen) atoms. The molecule has 0 bridgehead atoms. The van der Waals surface area contributed by atoms with Crippen molar-refractivity contribution in [3.05, 3.63) is 82.0 Å². The van der Waals surface area contributed by atoms with Gasteiger partial charge in [0.2, 0.25) is 0 Å². The molecule has 7 heteroatoms. The Morgan fingerprint density at radius 1 is 1.03 bits per heavy atom. The van der Waals surface area contributed by atoms with Crippen molar-refractivity contribution in [2.75, 3.05) is 13.7 Å². The van der Waals surface area contributed by atoms with Crippen LogP contribution < -0.4 is 10.1 Å². The molecular weight excluding hydrogens is 421 g/mol. The highest BCUT2D eigenvalue weighted by molar-refractivity contribution is 7.08. The molecule has 160 valence electrons. The molecule has 0 spiro atoms. The molecule has 0 saturated heterocycles. The van der Waals surface area contributed by atoms with Gasteiger partial charge < -0.3 is 10.1 Å². The van der Waals surface area contributed by atoms with Crippen LogP contribution in [-0.2, 0) is 19.1 Å². The molecule has 4 rings (SSSR count). The molecule has 0 unspecified atom stereocenters. The summed E-state index contributed by atoms with van der Waals surface area (Å²) in [7, 11) is 1.64. The zero-order valence-electron chi connectivity index (χ0n) is 16.9. The van der Waals surface area contributed by atoms with Crippen molar-refractivity contribution < 1.29 is 17.9 Å². The number of methoxy groups -OCH3 is 1. The summed E-state index contributed by atoms with van der Waals surface area (Å²) in [4.78, 5) is 4.89. The maximum Gasteiger partial charge on any atom is 0.416 e. The van der Waals surface area contributed by atoms with Crippen molar-refractivity contribution in [2.45, 2.75) is 19.1 Å². The second kappa shape index (κ2) is 9.08. The van der Waals surface area contributed by atoms with E-state index in [4.69, 9.17) is 9.72 Å². The number of rotatable bonds is 7. The largest absolute Gasteiger partial charge is 0.497 e. The van der Waals surface area contributed by atoms with Gasteiger partial charge in [0, 0.05) is 28.9 Å². The number of nitrogens with zero attached hydrogens (tertiary/aromatic N) is 1. The normalized spacial score (nSPS) is 11.7. The van der Waals surface area contributed by atoms with Crippen LogP contribution in [0.15, 0.2) is 65.4 Å². The van der Waals surface area contributed by atoms with Gasteiger partial charge in [-0.2, -0.15) is 24.5 Å². The minimum Gasteiger partial charge on any atom is -0.497 e. The Bertz CT molecular complexity index is 1160. The van der Waals surface area contributed by atoms with E-state index in [9.17, 15) is 13.2 Å². The second-order valence-electron chi connectivity index (χ2n) is 7.19. The fourth-order valence-corrected chi connectivity index (χ4v) is 4.07. The van der Waals surface area contributed by atoms with Crippen molar-refractivity contribution in [2.24, 2.45) is 0 Å². The number of hydrogen-bond donors (Lipinski definition) is 1. The summed E-state index contributed by atoms with van der Waals surface area (Å²) in [5.74, 6) is 0.766. The van der Waals surface area contributed by atoms with Gasteiger partial charge in [0.15, 0.2) is 0 Å². The summed E-state index contributed by atoms with van der Waals surface area (Å²) in [6.07, 6.45) is -3.56. The summed E-state index contributed by atoms with van der Waals surface area (Å²) < 4.78 is 43.4. The molecule has 4 aromatic rings. The Hall–Kier alpha value is -2.90. The Kier molecular flexibility index (Phi) is 6.25. The zero-order chi connectivity index (χ0) is 21.8.